The maximum absolute atomic E-state index is 9.33. The SMILES string of the molecule is CCCN1CCN(CCCC(C)(C#N)NC(C)C)CC1. The van der Waals surface area contributed by atoms with E-state index in [0.717, 1.165) is 19.4 Å². The lowest BCUT2D eigenvalue weighted by atomic mass is 9.96. The van der Waals surface area contributed by atoms with E-state index in [-0.39, 0.29) is 5.54 Å². The quantitative estimate of drug-likeness (QED) is 0.739. The van der Waals surface area contributed by atoms with Crippen molar-refractivity contribution in [3.63, 3.8) is 0 Å². The Morgan fingerprint density at radius 3 is 2.15 bits per heavy atom. The fraction of sp³-hybridized carbons (Fsp3) is 0.938. The molecule has 20 heavy (non-hydrogen) atoms. The molecule has 0 aliphatic carbocycles. The zero-order valence-corrected chi connectivity index (χ0v) is 13.8. The van der Waals surface area contributed by atoms with Crippen LogP contribution < -0.4 is 5.32 Å². The van der Waals surface area contributed by atoms with E-state index in [1.807, 2.05) is 6.92 Å². The van der Waals surface area contributed by atoms with Gasteiger partial charge in [0.1, 0.15) is 5.54 Å². The van der Waals surface area contributed by atoms with E-state index >= 15 is 0 Å². The first kappa shape index (κ1) is 17.4. The van der Waals surface area contributed by atoms with E-state index in [1.165, 1.54) is 39.1 Å². The molecule has 0 bridgehead atoms. The summed E-state index contributed by atoms with van der Waals surface area (Å²) < 4.78 is 0. The Balaban J connectivity index is 2.23. The van der Waals surface area contributed by atoms with Crippen molar-refractivity contribution in [3.8, 4) is 6.07 Å². The Bertz CT molecular complexity index is 302. The summed E-state index contributed by atoms with van der Waals surface area (Å²) in [6, 6.07) is 2.79. The lowest BCUT2D eigenvalue weighted by Crippen LogP contribution is -2.48. The Morgan fingerprint density at radius 1 is 1.15 bits per heavy atom. The van der Waals surface area contributed by atoms with Gasteiger partial charge in [-0.25, -0.2) is 0 Å². The molecule has 1 atom stereocenters. The van der Waals surface area contributed by atoms with Crippen molar-refractivity contribution in [1.82, 2.24) is 15.1 Å². The van der Waals surface area contributed by atoms with Gasteiger partial charge in [0.05, 0.1) is 6.07 Å². The maximum atomic E-state index is 9.33. The molecule has 0 aromatic carbocycles. The number of nitrogens with one attached hydrogen (secondary N) is 1. The maximum Gasteiger partial charge on any atom is 0.104 e. The highest BCUT2D eigenvalue weighted by atomic mass is 15.3. The molecule has 0 saturated carbocycles. The van der Waals surface area contributed by atoms with Gasteiger partial charge in [0.2, 0.25) is 0 Å². The predicted molar refractivity (Wildman–Crippen MR) is 84.7 cm³/mol. The molecule has 1 saturated heterocycles. The Labute approximate surface area is 125 Å². The van der Waals surface area contributed by atoms with E-state index in [2.05, 4.69) is 42.0 Å². The highest BCUT2D eigenvalue weighted by Crippen LogP contribution is 2.13. The number of piperazine rings is 1. The zero-order chi connectivity index (χ0) is 15.0. The molecule has 1 heterocycles. The van der Waals surface area contributed by atoms with Crippen LogP contribution in [0.15, 0.2) is 0 Å². The monoisotopic (exact) mass is 280 g/mol. The van der Waals surface area contributed by atoms with Crippen LogP contribution in [-0.2, 0) is 0 Å². The summed E-state index contributed by atoms with van der Waals surface area (Å²) in [6.45, 7) is 15.6. The number of nitriles is 1. The fourth-order valence-corrected chi connectivity index (χ4v) is 3.01. The standard InChI is InChI=1S/C16H32N4/c1-5-8-19-10-12-20(13-11-19)9-6-7-16(4,14-17)18-15(2)3/h15,18H,5-13H2,1-4H3. The molecule has 0 aromatic heterocycles. The van der Waals surface area contributed by atoms with Gasteiger partial charge >= 0.3 is 0 Å². The second-order valence-corrected chi connectivity index (χ2v) is 6.53. The molecule has 1 aliphatic rings. The third-order valence-corrected chi connectivity index (χ3v) is 4.01. The third kappa shape index (κ3) is 6.21. The van der Waals surface area contributed by atoms with Gasteiger partial charge in [0.25, 0.3) is 0 Å². The van der Waals surface area contributed by atoms with Crippen molar-refractivity contribution in [3.05, 3.63) is 0 Å². The van der Waals surface area contributed by atoms with Crippen LogP contribution in [0.25, 0.3) is 0 Å². The van der Waals surface area contributed by atoms with E-state index in [4.69, 9.17) is 0 Å². The number of rotatable bonds is 8. The molecule has 0 spiro atoms. The third-order valence-electron chi connectivity index (χ3n) is 4.01. The summed E-state index contributed by atoms with van der Waals surface area (Å²) in [5.74, 6) is 0. The highest BCUT2D eigenvalue weighted by Gasteiger charge is 2.24. The zero-order valence-electron chi connectivity index (χ0n) is 13.8. The molecule has 116 valence electrons. The van der Waals surface area contributed by atoms with Gasteiger partial charge in [-0.3, -0.25) is 5.32 Å². The second kappa shape index (κ2) is 8.61. The molecule has 4 heteroatoms. The summed E-state index contributed by atoms with van der Waals surface area (Å²) in [4.78, 5) is 5.09. The van der Waals surface area contributed by atoms with Crippen LogP contribution in [0.3, 0.4) is 0 Å². The van der Waals surface area contributed by atoms with Gasteiger partial charge < -0.3 is 9.80 Å². The number of nitrogens with zero attached hydrogens (tertiary/aromatic N) is 3. The summed E-state index contributed by atoms with van der Waals surface area (Å²) in [6.07, 6.45) is 3.27. The minimum atomic E-state index is -0.377. The summed E-state index contributed by atoms with van der Waals surface area (Å²) in [5, 5.41) is 12.7. The van der Waals surface area contributed by atoms with Crippen LogP contribution in [-0.4, -0.2) is 60.6 Å². The second-order valence-electron chi connectivity index (χ2n) is 6.53. The molecule has 1 rings (SSSR count). The van der Waals surface area contributed by atoms with Crippen LogP contribution in [0.5, 0.6) is 0 Å². The first-order valence-corrected chi connectivity index (χ1v) is 8.13. The lowest BCUT2D eigenvalue weighted by molar-refractivity contribution is 0.129. The van der Waals surface area contributed by atoms with Gasteiger partial charge in [0, 0.05) is 32.2 Å². The van der Waals surface area contributed by atoms with Gasteiger partial charge in [-0.15, -0.1) is 0 Å². The average Bonchev–Trinajstić information content (AvgIpc) is 2.40. The number of hydrogen-bond acceptors (Lipinski definition) is 4. The van der Waals surface area contributed by atoms with Crippen molar-refractivity contribution < 1.29 is 0 Å². The Hall–Kier alpha value is -0.630. The molecule has 0 amide bonds. The molecule has 1 unspecified atom stereocenters. The molecule has 1 aliphatic heterocycles. The van der Waals surface area contributed by atoms with Gasteiger partial charge in [-0.2, -0.15) is 5.26 Å². The van der Waals surface area contributed by atoms with Crippen LogP contribution in [0, 0.1) is 11.3 Å². The minimum Gasteiger partial charge on any atom is -0.301 e. The lowest BCUT2D eigenvalue weighted by Gasteiger charge is -2.35. The topological polar surface area (TPSA) is 42.3 Å². The summed E-state index contributed by atoms with van der Waals surface area (Å²) in [5.41, 5.74) is -0.377. The Kier molecular flexibility index (Phi) is 7.50. The molecule has 0 aromatic rings. The van der Waals surface area contributed by atoms with E-state index in [1.54, 1.807) is 0 Å². The highest BCUT2D eigenvalue weighted by molar-refractivity contribution is 5.04. The van der Waals surface area contributed by atoms with Crippen molar-refractivity contribution >= 4 is 0 Å². The van der Waals surface area contributed by atoms with Crippen molar-refractivity contribution in [1.29, 1.82) is 5.26 Å². The van der Waals surface area contributed by atoms with Crippen LogP contribution in [0.2, 0.25) is 0 Å². The molecule has 1 N–H and O–H groups in total. The van der Waals surface area contributed by atoms with Crippen LogP contribution in [0.4, 0.5) is 0 Å². The summed E-state index contributed by atoms with van der Waals surface area (Å²) >= 11 is 0. The predicted octanol–water partition coefficient (Wildman–Crippen LogP) is 2.07. The van der Waals surface area contributed by atoms with Crippen molar-refractivity contribution in [2.45, 2.75) is 58.5 Å². The van der Waals surface area contributed by atoms with Gasteiger partial charge in [0.15, 0.2) is 0 Å². The van der Waals surface area contributed by atoms with Crippen LogP contribution >= 0.6 is 0 Å². The molecule has 4 nitrogen and oxygen atoms in total. The van der Waals surface area contributed by atoms with Gasteiger partial charge in [-0.1, -0.05) is 6.92 Å². The van der Waals surface area contributed by atoms with Gasteiger partial charge in [-0.05, 0) is 53.1 Å². The number of hydrogen-bond donors (Lipinski definition) is 1. The average molecular weight is 280 g/mol. The fourth-order valence-electron chi connectivity index (χ4n) is 3.01. The minimum absolute atomic E-state index is 0.359. The smallest absolute Gasteiger partial charge is 0.104 e. The normalized spacial score (nSPS) is 20.8. The van der Waals surface area contributed by atoms with Crippen LogP contribution in [0.1, 0.15) is 47.0 Å². The largest absolute Gasteiger partial charge is 0.301 e. The van der Waals surface area contributed by atoms with Crippen molar-refractivity contribution in [2.75, 3.05) is 39.3 Å². The first-order chi connectivity index (χ1) is 9.49. The van der Waals surface area contributed by atoms with E-state index in [9.17, 15) is 5.26 Å². The van der Waals surface area contributed by atoms with E-state index < -0.39 is 0 Å². The molecule has 0 radical (unpaired) electrons. The first-order valence-electron chi connectivity index (χ1n) is 8.13. The molecular weight excluding hydrogens is 248 g/mol. The Morgan fingerprint density at radius 2 is 1.70 bits per heavy atom. The van der Waals surface area contributed by atoms with Crippen molar-refractivity contribution in [2.24, 2.45) is 0 Å². The summed E-state index contributed by atoms with van der Waals surface area (Å²) in [7, 11) is 0. The van der Waals surface area contributed by atoms with E-state index in [0.29, 0.717) is 6.04 Å². The molecule has 1 fully saturated rings. The molecular formula is C16H32N4.